The molecule has 0 fully saturated rings. The second-order valence-corrected chi connectivity index (χ2v) is 6.80. The minimum absolute atomic E-state index is 0.108. The maximum absolute atomic E-state index is 12.1. The fourth-order valence-corrected chi connectivity index (χ4v) is 2.89. The van der Waals surface area contributed by atoms with Crippen molar-refractivity contribution in [2.45, 2.75) is 26.2 Å². The van der Waals surface area contributed by atoms with Crippen LogP contribution in [0.25, 0.3) is 6.08 Å². The minimum atomic E-state index is -4.05. The summed E-state index contributed by atoms with van der Waals surface area (Å²) in [5.74, 6) is -0.0906. The van der Waals surface area contributed by atoms with Crippen LogP contribution in [0.3, 0.4) is 0 Å². The summed E-state index contributed by atoms with van der Waals surface area (Å²) in [7, 11) is -4.05. The molecule has 1 heterocycles. The van der Waals surface area contributed by atoms with Gasteiger partial charge in [0.05, 0.1) is 11.9 Å². The first-order chi connectivity index (χ1) is 12.0. The average molecular weight is 363 g/mol. The van der Waals surface area contributed by atoms with Crippen LogP contribution in [0.4, 0.5) is 0 Å². The van der Waals surface area contributed by atoms with Crippen LogP contribution < -0.4 is 9.50 Å². The number of rotatable bonds is 9. The van der Waals surface area contributed by atoms with E-state index in [4.69, 9.17) is 4.18 Å². The van der Waals surface area contributed by atoms with Crippen molar-refractivity contribution < 1.29 is 17.4 Å². The van der Waals surface area contributed by atoms with E-state index in [2.05, 4.69) is 23.8 Å². The maximum Gasteiger partial charge on any atom is 0.414 e. The van der Waals surface area contributed by atoms with E-state index < -0.39 is 10.3 Å². The Labute approximate surface area is 147 Å². The highest BCUT2D eigenvalue weighted by Crippen LogP contribution is 2.16. The molecule has 1 N–H and O–H groups in total. The largest absolute Gasteiger partial charge is 0.414 e. The zero-order valence-corrected chi connectivity index (χ0v) is 14.8. The molecule has 0 unspecified atom stereocenters. The van der Waals surface area contributed by atoms with Crippen molar-refractivity contribution in [2.24, 2.45) is 0 Å². The van der Waals surface area contributed by atoms with Crippen molar-refractivity contribution in [3.05, 3.63) is 54.6 Å². The second-order valence-electron chi connectivity index (χ2n) is 5.36. The summed E-state index contributed by atoms with van der Waals surface area (Å²) < 4.78 is 30.2. The van der Waals surface area contributed by atoms with Crippen molar-refractivity contribution in [2.75, 3.05) is 6.54 Å². The average Bonchev–Trinajstić information content (AvgIpc) is 3.09. The van der Waals surface area contributed by atoms with E-state index in [1.807, 2.05) is 0 Å². The van der Waals surface area contributed by atoms with E-state index in [-0.39, 0.29) is 11.7 Å². The van der Waals surface area contributed by atoms with Crippen LogP contribution in [0.2, 0.25) is 0 Å². The summed E-state index contributed by atoms with van der Waals surface area (Å²) in [5.41, 5.74) is 0.861. The number of aromatic nitrogens is 2. The number of carbonyl (C=O) groups excluding carboxylic acids is 1. The van der Waals surface area contributed by atoms with Crippen LogP contribution in [0, 0.1) is 0 Å². The number of amides is 1. The van der Waals surface area contributed by atoms with E-state index in [0.29, 0.717) is 17.8 Å². The Morgan fingerprint density at radius 1 is 1.32 bits per heavy atom. The van der Waals surface area contributed by atoms with Crippen LogP contribution in [-0.4, -0.2) is 29.8 Å². The molecule has 1 amide bonds. The van der Waals surface area contributed by atoms with Crippen molar-refractivity contribution in [3.8, 4) is 5.75 Å². The van der Waals surface area contributed by atoms with Gasteiger partial charge in [-0.05, 0) is 36.8 Å². The van der Waals surface area contributed by atoms with Gasteiger partial charge in [-0.3, -0.25) is 4.79 Å². The highest BCUT2D eigenvalue weighted by Gasteiger charge is 2.16. The highest BCUT2D eigenvalue weighted by molar-refractivity contribution is 7.85. The Morgan fingerprint density at radius 2 is 2.04 bits per heavy atom. The second kappa shape index (κ2) is 8.48. The van der Waals surface area contributed by atoms with Gasteiger partial charge in [-0.2, -0.15) is 8.42 Å². The number of hydrogen-bond donors (Lipinski definition) is 1. The first-order valence-corrected chi connectivity index (χ1v) is 9.32. The van der Waals surface area contributed by atoms with Gasteiger partial charge in [-0.25, -0.2) is 8.96 Å². The van der Waals surface area contributed by atoms with Crippen molar-refractivity contribution >= 4 is 22.3 Å². The molecule has 25 heavy (non-hydrogen) atoms. The summed E-state index contributed by atoms with van der Waals surface area (Å²) in [4.78, 5) is 15.8. The Hall–Kier alpha value is -2.61. The first-order valence-electron chi connectivity index (χ1n) is 7.96. The predicted octanol–water partition coefficient (Wildman–Crippen LogP) is 2.62. The standard InChI is InChI=1S/C17H21N3O4S/c1-3-5-6-11-18-17(21)14-7-9-16(10-8-14)24-25(22,23)20-12-15(4-2)19-13-20/h4,7-10,12-13H,2-3,5-6,11H2,1H3,(H,18,21). The maximum atomic E-state index is 12.1. The lowest BCUT2D eigenvalue weighted by Gasteiger charge is -2.08. The topological polar surface area (TPSA) is 90.3 Å². The van der Waals surface area contributed by atoms with Crippen LogP contribution in [-0.2, 0) is 10.3 Å². The molecule has 0 aliphatic rings. The van der Waals surface area contributed by atoms with Gasteiger partial charge < -0.3 is 9.50 Å². The summed E-state index contributed by atoms with van der Waals surface area (Å²) >= 11 is 0. The number of nitrogens with zero attached hydrogens (tertiary/aromatic N) is 2. The first kappa shape index (κ1) is 18.7. The molecule has 7 nitrogen and oxygen atoms in total. The number of unbranched alkanes of at least 4 members (excludes halogenated alkanes) is 2. The minimum Gasteiger partial charge on any atom is -0.366 e. The molecule has 0 bridgehead atoms. The third kappa shape index (κ3) is 5.18. The molecule has 0 spiro atoms. The monoisotopic (exact) mass is 363 g/mol. The van der Waals surface area contributed by atoms with E-state index in [0.717, 1.165) is 29.6 Å². The van der Waals surface area contributed by atoms with Crippen molar-refractivity contribution in [3.63, 3.8) is 0 Å². The molecule has 0 saturated carbocycles. The zero-order valence-electron chi connectivity index (χ0n) is 14.0. The summed E-state index contributed by atoms with van der Waals surface area (Å²) in [6.07, 6.45) is 6.93. The van der Waals surface area contributed by atoms with E-state index in [9.17, 15) is 13.2 Å². The molecule has 8 heteroatoms. The highest BCUT2D eigenvalue weighted by atomic mass is 32.2. The Kier molecular flexibility index (Phi) is 6.35. The van der Waals surface area contributed by atoms with Gasteiger partial charge in [0, 0.05) is 12.1 Å². The molecule has 0 saturated heterocycles. The molecule has 1 aromatic carbocycles. The van der Waals surface area contributed by atoms with Gasteiger partial charge in [-0.15, -0.1) is 0 Å². The fraction of sp³-hybridized carbons (Fsp3) is 0.294. The molecular formula is C17H21N3O4S. The molecule has 0 atom stereocenters. The summed E-state index contributed by atoms with van der Waals surface area (Å²) in [6, 6.07) is 5.90. The van der Waals surface area contributed by atoms with Gasteiger partial charge >= 0.3 is 10.3 Å². The smallest absolute Gasteiger partial charge is 0.366 e. The van der Waals surface area contributed by atoms with Crippen LogP contribution in [0.1, 0.15) is 42.2 Å². The lowest BCUT2D eigenvalue weighted by molar-refractivity contribution is 0.0953. The Balaban J connectivity index is 1.99. The normalized spacial score (nSPS) is 11.1. The molecule has 2 rings (SSSR count). The number of imidazole rings is 1. The number of nitrogens with one attached hydrogen (secondary N) is 1. The van der Waals surface area contributed by atoms with Crippen LogP contribution in [0.15, 0.2) is 43.4 Å². The number of hydrogen-bond acceptors (Lipinski definition) is 5. The summed E-state index contributed by atoms with van der Waals surface area (Å²) in [5, 5.41) is 2.82. The number of carbonyl (C=O) groups is 1. The third-order valence-corrected chi connectivity index (χ3v) is 4.55. The van der Waals surface area contributed by atoms with E-state index in [1.165, 1.54) is 36.5 Å². The molecule has 0 aliphatic heterocycles. The van der Waals surface area contributed by atoms with Crippen LogP contribution in [0.5, 0.6) is 5.75 Å². The number of benzene rings is 1. The lowest BCUT2D eigenvalue weighted by atomic mass is 10.2. The van der Waals surface area contributed by atoms with Gasteiger partial charge in [0.2, 0.25) is 0 Å². The quantitative estimate of drug-likeness (QED) is 0.692. The molecule has 134 valence electrons. The third-order valence-electron chi connectivity index (χ3n) is 3.43. The lowest BCUT2D eigenvalue weighted by Crippen LogP contribution is -2.24. The van der Waals surface area contributed by atoms with Crippen molar-refractivity contribution in [1.29, 1.82) is 0 Å². The SMILES string of the molecule is C=Cc1cn(S(=O)(=O)Oc2ccc(C(=O)NCCCCC)cc2)cn1. The molecule has 1 aromatic heterocycles. The molecule has 2 aromatic rings. The molecule has 0 aliphatic carbocycles. The van der Waals surface area contributed by atoms with Gasteiger partial charge in [0.15, 0.2) is 0 Å². The van der Waals surface area contributed by atoms with E-state index >= 15 is 0 Å². The summed E-state index contributed by atoms with van der Waals surface area (Å²) in [6.45, 7) is 6.23. The van der Waals surface area contributed by atoms with Gasteiger partial charge in [-0.1, -0.05) is 26.3 Å². The molecular weight excluding hydrogens is 342 g/mol. The van der Waals surface area contributed by atoms with Gasteiger partial charge in [0.25, 0.3) is 5.91 Å². The zero-order chi connectivity index (χ0) is 18.3. The van der Waals surface area contributed by atoms with E-state index in [1.54, 1.807) is 0 Å². The van der Waals surface area contributed by atoms with Crippen LogP contribution >= 0.6 is 0 Å². The predicted molar refractivity (Wildman–Crippen MR) is 95.6 cm³/mol. The Bertz CT molecular complexity index is 826. The van der Waals surface area contributed by atoms with Gasteiger partial charge in [0.1, 0.15) is 12.1 Å². The fourth-order valence-electron chi connectivity index (χ4n) is 2.05. The Morgan fingerprint density at radius 3 is 2.64 bits per heavy atom. The molecule has 0 radical (unpaired) electrons. The van der Waals surface area contributed by atoms with Crippen molar-refractivity contribution in [1.82, 2.24) is 14.3 Å².